The number of benzene rings is 3. The summed E-state index contributed by atoms with van der Waals surface area (Å²) < 4.78 is 5.98. The predicted octanol–water partition coefficient (Wildman–Crippen LogP) is 5.71. The first-order valence-corrected chi connectivity index (χ1v) is 10.9. The van der Waals surface area contributed by atoms with Crippen LogP contribution < -0.4 is 4.90 Å². The van der Waals surface area contributed by atoms with Gasteiger partial charge in [0.15, 0.2) is 0 Å². The SMILES string of the molecule is [Cu+2].c1cn(-c2ccc(N(c3ccc(-n4ccnc4)cc3)c3ccc(-n4ccnc4)cc3)cc2)cn1. The van der Waals surface area contributed by atoms with Gasteiger partial charge < -0.3 is 18.6 Å². The largest absolute Gasteiger partial charge is 2.00 e. The fourth-order valence-electron chi connectivity index (χ4n) is 4.00. The van der Waals surface area contributed by atoms with E-state index in [1.54, 1.807) is 37.6 Å². The molecule has 0 saturated carbocycles. The molecule has 6 rings (SSSR count). The van der Waals surface area contributed by atoms with E-state index in [4.69, 9.17) is 0 Å². The van der Waals surface area contributed by atoms with Crippen molar-refractivity contribution in [3.8, 4) is 17.1 Å². The Hall–Kier alpha value is -4.39. The van der Waals surface area contributed by atoms with Gasteiger partial charge in [0.2, 0.25) is 0 Å². The molecule has 0 bridgehead atoms. The van der Waals surface area contributed by atoms with Gasteiger partial charge >= 0.3 is 17.1 Å². The molecule has 0 aliphatic carbocycles. The second kappa shape index (κ2) is 9.85. The number of hydrogen-bond donors (Lipinski definition) is 0. The maximum absolute atomic E-state index is 4.15. The molecule has 0 aliphatic heterocycles. The van der Waals surface area contributed by atoms with E-state index in [2.05, 4.69) is 92.6 Å². The van der Waals surface area contributed by atoms with E-state index in [1.807, 2.05) is 32.3 Å². The van der Waals surface area contributed by atoms with Gasteiger partial charge in [0.05, 0.1) is 19.0 Å². The van der Waals surface area contributed by atoms with Crippen LogP contribution in [0, 0.1) is 0 Å². The van der Waals surface area contributed by atoms with Crippen LogP contribution in [0.15, 0.2) is 129 Å². The fourth-order valence-corrected chi connectivity index (χ4v) is 4.00. The Morgan fingerprint density at radius 2 is 0.714 bits per heavy atom. The van der Waals surface area contributed by atoms with Gasteiger partial charge in [-0.05, 0) is 72.8 Å². The molecule has 3 aromatic carbocycles. The van der Waals surface area contributed by atoms with Crippen LogP contribution in [0.5, 0.6) is 0 Å². The zero-order chi connectivity index (χ0) is 22.7. The van der Waals surface area contributed by atoms with Crippen molar-refractivity contribution in [1.82, 2.24) is 28.7 Å². The Labute approximate surface area is 213 Å². The number of hydrogen-bond acceptors (Lipinski definition) is 4. The third kappa shape index (κ3) is 4.53. The van der Waals surface area contributed by atoms with E-state index < -0.39 is 0 Å². The van der Waals surface area contributed by atoms with E-state index in [0.29, 0.717) is 0 Å². The van der Waals surface area contributed by atoms with E-state index in [-0.39, 0.29) is 17.1 Å². The number of aromatic nitrogens is 6. The van der Waals surface area contributed by atoms with Gasteiger partial charge in [-0.25, -0.2) is 15.0 Å². The smallest absolute Gasteiger partial charge is 0.310 e. The van der Waals surface area contributed by atoms with Crippen molar-refractivity contribution in [2.24, 2.45) is 0 Å². The van der Waals surface area contributed by atoms with Crippen molar-refractivity contribution in [1.29, 1.82) is 0 Å². The van der Waals surface area contributed by atoms with Crippen LogP contribution in [-0.2, 0) is 17.1 Å². The first-order chi connectivity index (χ1) is 16.8. The molecule has 0 atom stereocenters. The van der Waals surface area contributed by atoms with Gasteiger partial charge in [-0.2, -0.15) is 0 Å². The minimum Gasteiger partial charge on any atom is -0.310 e. The molecule has 35 heavy (non-hydrogen) atoms. The molecule has 0 fully saturated rings. The van der Waals surface area contributed by atoms with Crippen molar-refractivity contribution >= 4 is 17.1 Å². The summed E-state index contributed by atoms with van der Waals surface area (Å²) in [4.78, 5) is 14.7. The van der Waals surface area contributed by atoms with Crippen LogP contribution in [0.4, 0.5) is 17.1 Å². The van der Waals surface area contributed by atoms with Crippen molar-refractivity contribution in [3.05, 3.63) is 129 Å². The molecule has 173 valence electrons. The number of nitrogens with zero attached hydrogens (tertiary/aromatic N) is 7. The second-order valence-electron chi connectivity index (χ2n) is 7.79. The minimum absolute atomic E-state index is 0. The molecule has 7 nitrogen and oxygen atoms in total. The zero-order valence-corrected chi connectivity index (χ0v) is 19.5. The summed E-state index contributed by atoms with van der Waals surface area (Å²) in [6, 6.07) is 25.4. The van der Waals surface area contributed by atoms with Crippen LogP contribution in [0.2, 0.25) is 0 Å². The third-order valence-electron chi connectivity index (χ3n) is 5.73. The molecule has 8 heteroatoms. The molecular formula is C27H21CuN7+2. The van der Waals surface area contributed by atoms with Crippen molar-refractivity contribution in [3.63, 3.8) is 0 Å². The summed E-state index contributed by atoms with van der Waals surface area (Å²) in [7, 11) is 0. The molecule has 0 unspecified atom stereocenters. The first kappa shape index (κ1) is 22.4. The third-order valence-corrected chi connectivity index (χ3v) is 5.73. The second-order valence-corrected chi connectivity index (χ2v) is 7.79. The van der Waals surface area contributed by atoms with Gasteiger partial charge in [-0.1, -0.05) is 0 Å². The van der Waals surface area contributed by atoms with E-state index in [9.17, 15) is 0 Å². The van der Waals surface area contributed by atoms with E-state index in [1.165, 1.54) is 0 Å². The summed E-state index contributed by atoms with van der Waals surface area (Å²) in [6.07, 6.45) is 16.6. The van der Waals surface area contributed by atoms with Crippen LogP contribution in [-0.4, -0.2) is 28.7 Å². The van der Waals surface area contributed by atoms with E-state index in [0.717, 1.165) is 34.1 Å². The summed E-state index contributed by atoms with van der Waals surface area (Å²) in [5, 5.41) is 0. The van der Waals surface area contributed by atoms with Crippen LogP contribution >= 0.6 is 0 Å². The fraction of sp³-hybridized carbons (Fsp3) is 0. The molecule has 0 aliphatic rings. The average Bonchev–Trinajstić information content (AvgIpc) is 3.69. The maximum atomic E-state index is 4.15. The van der Waals surface area contributed by atoms with Gasteiger partial charge in [-0.3, -0.25) is 0 Å². The Balaban J connectivity index is 0.00000253. The van der Waals surface area contributed by atoms with Crippen LogP contribution in [0.25, 0.3) is 17.1 Å². The summed E-state index contributed by atoms with van der Waals surface area (Å²) in [5.74, 6) is 0. The normalized spacial score (nSPS) is 10.6. The molecule has 0 saturated heterocycles. The van der Waals surface area contributed by atoms with Crippen molar-refractivity contribution in [2.45, 2.75) is 0 Å². The molecule has 0 spiro atoms. The zero-order valence-electron chi connectivity index (χ0n) is 18.6. The molecule has 0 N–H and O–H groups in total. The summed E-state index contributed by atoms with van der Waals surface area (Å²) in [5.41, 5.74) is 6.38. The minimum atomic E-state index is 0. The molecule has 1 radical (unpaired) electrons. The number of rotatable bonds is 6. The summed E-state index contributed by atoms with van der Waals surface area (Å²) in [6.45, 7) is 0. The number of imidazole rings is 3. The molecule has 3 aromatic heterocycles. The Kier molecular flexibility index (Phi) is 6.30. The topological polar surface area (TPSA) is 56.7 Å². The molecule has 0 amide bonds. The summed E-state index contributed by atoms with van der Waals surface area (Å²) >= 11 is 0. The van der Waals surface area contributed by atoms with Gasteiger partial charge in [0.25, 0.3) is 0 Å². The van der Waals surface area contributed by atoms with Gasteiger partial charge in [0, 0.05) is 71.3 Å². The Morgan fingerprint density at radius 1 is 0.429 bits per heavy atom. The molecule has 3 heterocycles. The monoisotopic (exact) mass is 506 g/mol. The van der Waals surface area contributed by atoms with Crippen molar-refractivity contribution in [2.75, 3.05) is 4.90 Å². The van der Waals surface area contributed by atoms with Crippen LogP contribution in [0.3, 0.4) is 0 Å². The maximum Gasteiger partial charge on any atom is 2.00 e. The Morgan fingerprint density at radius 3 is 0.943 bits per heavy atom. The average molecular weight is 507 g/mol. The predicted molar refractivity (Wildman–Crippen MR) is 132 cm³/mol. The van der Waals surface area contributed by atoms with Gasteiger partial charge in [0.1, 0.15) is 0 Å². The number of anilines is 3. The van der Waals surface area contributed by atoms with Crippen LogP contribution in [0.1, 0.15) is 0 Å². The Bertz CT molecular complexity index is 1270. The quantitative estimate of drug-likeness (QED) is 0.271. The van der Waals surface area contributed by atoms with Crippen molar-refractivity contribution < 1.29 is 17.1 Å². The van der Waals surface area contributed by atoms with E-state index >= 15 is 0 Å². The molecular weight excluding hydrogens is 486 g/mol. The molecule has 6 aromatic rings. The standard InChI is InChI=1S/C27H21N7.Cu/c1-7-25(8-2-22(1)31-16-13-28-19-31)34(26-9-3-23(4-10-26)32-17-14-29-20-32)27-11-5-24(6-12-27)33-18-15-30-21-33;/h1-21H;/q;+2. The first-order valence-electron chi connectivity index (χ1n) is 10.9. The van der Waals surface area contributed by atoms with Gasteiger partial charge in [-0.15, -0.1) is 0 Å².